The lowest BCUT2D eigenvalue weighted by atomic mass is 9.98. The van der Waals surface area contributed by atoms with Crippen molar-refractivity contribution in [2.45, 2.75) is 104 Å². The van der Waals surface area contributed by atoms with E-state index >= 15 is 0 Å². The molecular weight excluding hydrogens is 446 g/mol. The summed E-state index contributed by atoms with van der Waals surface area (Å²) >= 11 is 0. The second kappa shape index (κ2) is 12.3. The van der Waals surface area contributed by atoms with Crippen molar-refractivity contribution in [1.82, 2.24) is 15.5 Å². The van der Waals surface area contributed by atoms with Crippen LogP contribution >= 0.6 is 0 Å². The summed E-state index contributed by atoms with van der Waals surface area (Å²) in [7, 11) is 0. The molecule has 2 rings (SSSR count). The Morgan fingerprint density at radius 1 is 1.20 bits per heavy atom. The summed E-state index contributed by atoms with van der Waals surface area (Å²) in [5.41, 5.74) is 0.564. The third-order valence-corrected chi connectivity index (χ3v) is 5.78. The molecule has 8 nitrogen and oxygen atoms in total. The van der Waals surface area contributed by atoms with E-state index in [0.717, 1.165) is 25.7 Å². The lowest BCUT2D eigenvalue weighted by molar-refractivity contribution is -0.143. The van der Waals surface area contributed by atoms with Crippen molar-refractivity contribution in [3.63, 3.8) is 0 Å². The molecule has 0 radical (unpaired) electrons. The lowest BCUT2D eigenvalue weighted by Crippen LogP contribution is -2.54. The highest BCUT2D eigenvalue weighted by molar-refractivity contribution is 5.92. The number of hydrogen-bond donors (Lipinski definition) is 3. The molecular formula is C27H43N3O5. The molecule has 3 N–H and O–H groups in total. The SMILES string of the molecule is CCCCNC(=O)C(c1ccc(O)c(C)c1)N(C(=O)C(CC(C)C)NC(=O)OC(C)(C)C)C1CC1. The van der Waals surface area contributed by atoms with Gasteiger partial charge in [0.25, 0.3) is 0 Å². The molecule has 0 spiro atoms. The molecule has 1 aromatic rings. The maximum Gasteiger partial charge on any atom is 0.408 e. The van der Waals surface area contributed by atoms with Gasteiger partial charge in [-0.15, -0.1) is 0 Å². The molecule has 0 aromatic heterocycles. The first-order chi connectivity index (χ1) is 16.3. The summed E-state index contributed by atoms with van der Waals surface area (Å²) in [4.78, 5) is 41.7. The zero-order valence-corrected chi connectivity index (χ0v) is 22.3. The van der Waals surface area contributed by atoms with Crippen molar-refractivity contribution in [1.29, 1.82) is 0 Å². The molecule has 3 amide bonds. The van der Waals surface area contributed by atoms with Gasteiger partial charge in [-0.1, -0.05) is 33.3 Å². The molecule has 1 aliphatic rings. The predicted octanol–water partition coefficient (Wildman–Crippen LogP) is 4.59. The average molecular weight is 490 g/mol. The fraction of sp³-hybridized carbons (Fsp3) is 0.667. The minimum Gasteiger partial charge on any atom is -0.508 e. The minimum absolute atomic E-state index is 0.0892. The van der Waals surface area contributed by atoms with E-state index in [9.17, 15) is 19.5 Å². The van der Waals surface area contributed by atoms with E-state index in [1.54, 1.807) is 50.8 Å². The van der Waals surface area contributed by atoms with E-state index < -0.39 is 23.8 Å². The molecule has 35 heavy (non-hydrogen) atoms. The summed E-state index contributed by atoms with van der Waals surface area (Å²) in [6.07, 6.45) is 3.12. The number of phenolic OH excluding ortho intramolecular Hbond substituents is 1. The van der Waals surface area contributed by atoms with E-state index in [4.69, 9.17) is 4.74 Å². The van der Waals surface area contributed by atoms with Crippen LogP contribution in [0.1, 0.15) is 90.8 Å². The maximum absolute atomic E-state index is 14.0. The number of nitrogens with one attached hydrogen (secondary N) is 2. The van der Waals surface area contributed by atoms with Crippen LogP contribution in [0.2, 0.25) is 0 Å². The van der Waals surface area contributed by atoms with Gasteiger partial charge in [0.15, 0.2) is 0 Å². The van der Waals surface area contributed by atoms with Gasteiger partial charge in [0.2, 0.25) is 11.8 Å². The number of phenols is 1. The number of amides is 3. The standard InChI is InChI=1S/C27H43N3O5/c1-8-9-14-28-24(32)23(19-10-13-22(31)18(4)16-19)30(20-11-12-20)25(33)21(15-17(2)3)29-26(34)35-27(5,6)7/h10,13,16-17,20-21,23,31H,8-9,11-12,14-15H2,1-7H3,(H,28,32)(H,29,34). The van der Waals surface area contributed by atoms with Gasteiger partial charge in [0, 0.05) is 12.6 Å². The van der Waals surface area contributed by atoms with E-state index in [1.807, 2.05) is 20.8 Å². The van der Waals surface area contributed by atoms with Crippen LogP contribution in [0, 0.1) is 12.8 Å². The van der Waals surface area contributed by atoms with Gasteiger partial charge >= 0.3 is 6.09 Å². The van der Waals surface area contributed by atoms with Crippen molar-refractivity contribution in [3.05, 3.63) is 29.3 Å². The van der Waals surface area contributed by atoms with E-state index in [-0.39, 0.29) is 29.5 Å². The van der Waals surface area contributed by atoms with Crippen LogP contribution in [0.5, 0.6) is 5.75 Å². The van der Waals surface area contributed by atoms with E-state index in [0.29, 0.717) is 24.1 Å². The number of aryl methyl sites for hydroxylation is 1. The summed E-state index contributed by atoms with van der Waals surface area (Å²) in [5, 5.41) is 15.8. The molecule has 1 aliphatic carbocycles. The smallest absolute Gasteiger partial charge is 0.408 e. The Morgan fingerprint density at radius 2 is 1.86 bits per heavy atom. The molecule has 2 unspecified atom stereocenters. The van der Waals surface area contributed by atoms with Crippen LogP contribution in [0.15, 0.2) is 18.2 Å². The van der Waals surface area contributed by atoms with E-state index in [1.165, 1.54) is 0 Å². The Morgan fingerprint density at radius 3 is 2.37 bits per heavy atom. The van der Waals surface area contributed by atoms with Crippen LogP contribution in [0.4, 0.5) is 4.79 Å². The topological polar surface area (TPSA) is 108 Å². The Balaban J connectivity index is 2.43. The molecule has 8 heteroatoms. The van der Waals surface area contributed by atoms with Crippen molar-refractivity contribution < 1.29 is 24.2 Å². The van der Waals surface area contributed by atoms with Crippen molar-refractivity contribution in [3.8, 4) is 5.75 Å². The van der Waals surface area contributed by atoms with Crippen LogP contribution in [0.25, 0.3) is 0 Å². The second-order valence-electron chi connectivity index (χ2n) is 10.9. The fourth-order valence-corrected chi connectivity index (χ4v) is 3.97. The fourth-order valence-electron chi connectivity index (χ4n) is 3.97. The number of alkyl carbamates (subject to hydrolysis) is 1. The normalized spacial score (nSPS) is 15.3. The molecule has 2 atom stereocenters. The second-order valence-corrected chi connectivity index (χ2v) is 10.9. The van der Waals surface area contributed by atoms with Gasteiger partial charge in [-0.25, -0.2) is 4.79 Å². The zero-order valence-electron chi connectivity index (χ0n) is 22.3. The van der Waals surface area contributed by atoms with Crippen LogP contribution in [0.3, 0.4) is 0 Å². The number of carbonyl (C=O) groups is 3. The highest BCUT2D eigenvalue weighted by Crippen LogP contribution is 2.37. The first-order valence-electron chi connectivity index (χ1n) is 12.7. The van der Waals surface area contributed by atoms with Crippen molar-refractivity contribution in [2.75, 3.05) is 6.54 Å². The Hall–Kier alpha value is -2.77. The number of carbonyl (C=O) groups excluding carboxylic acids is 3. The maximum atomic E-state index is 14.0. The van der Waals surface area contributed by atoms with Gasteiger partial charge in [0.1, 0.15) is 23.4 Å². The highest BCUT2D eigenvalue weighted by Gasteiger charge is 2.44. The van der Waals surface area contributed by atoms with Gasteiger partial charge in [-0.05, 0) is 82.6 Å². The number of ether oxygens (including phenoxy) is 1. The van der Waals surface area contributed by atoms with Crippen molar-refractivity contribution >= 4 is 17.9 Å². The lowest BCUT2D eigenvalue weighted by Gasteiger charge is -2.35. The third-order valence-electron chi connectivity index (χ3n) is 5.78. The number of aromatic hydroxyl groups is 1. The van der Waals surface area contributed by atoms with Crippen LogP contribution in [-0.2, 0) is 14.3 Å². The monoisotopic (exact) mass is 489 g/mol. The molecule has 0 heterocycles. The zero-order chi connectivity index (χ0) is 26.3. The average Bonchev–Trinajstić information content (AvgIpc) is 3.56. The first kappa shape index (κ1) is 28.5. The molecule has 1 fully saturated rings. The van der Waals surface area contributed by atoms with Gasteiger partial charge in [0.05, 0.1) is 0 Å². The predicted molar refractivity (Wildman–Crippen MR) is 136 cm³/mol. The minimum atomic E-state index is -0.860. The molecule has 196 valence electrons. The Bertz CT molecular complexity index is 889. The van der Waals surface area contributed by atoms with Gasteiger partial charge in [-0.3, -0.25) is 9.59 Å². The number of rotatable bonds is 11. The number of nitrogens with zero attached hydrogens (tertiary/aromatic N) is 1. The summed E-state index contributed by atoms with van der Waals surface area (Å²) in [6, 6.07) is 3.22. The molecule has 0 aliphatic heterocycles. The van der Waals surface area contributed by atoms with Gasteiger partial charge < -0.3 is 25.4 Å². The molecule has 0 saturated heterocycles. The van der Waals surface area contributed by atoms with Crippen LogP contribution < -0.4 is 10.6 Å². The van der Waals surface area contributed by atoms with Crippen molar-refractivity contribution in [2.24, 2.45) is 5.92 Å². The molecule has 0 bridgehead atoms. The first-order valence-corrected chi connectivity index (χ1v) is 12.7. The van der Waals surface area contributed by atoms with Gasteiger partial charge in [-0.2, -0.15) is 0 Å². The van der Waals surface area contributed by atoms with E-state index in [2.05, 4.69) is 10.6 Å². The summed E-state index contributed by atoms with van der Waals surface area (Å²) in [6.45, 7) is 13.6. The largest absolute Gasteiger partial charge is 0.508 e. The Kier molecular flexibility index (Phi) is 9.98. The summed E-state index contributed by atoms with van der Waals surface area (Å²) in [5.74, 6) is -0.294. The quantitative estimate of drug-likeness (QED) is 0.394. The number of benzene rings is 1. The summed E-state index contributed by atoms with van der Waals surface area (Å²) < 4.78 is 5.41. The molecule has 1 aromatic carbocycles. The Labute approximate surface area is 209 Å². The molecule has 1 saturated carbocycles. The highest BCUT2D eigenvalue weighted by atomic mass is 16.6. The number of hydrogen-bond acceptors (Lipinski definition) is 5. The number of unbranched alkanes of at least 4 members (excludes halogenated alkanes) is 1. The van der Waals surface area contributed by atoms with Crippen LogP contribution in [-0.4, -0.2) is 52.1 Å². The third kappa shape index (κ3) is 8.75.